The number of rotatable bonds is 3. The molecule has 92 valence electrons. The fraction of sp³-hybridized carbons (Fsp3) is 0.818. The summed E-state index contributed by atoms with van der Waals surface area (Å²) >= 11 is 0. The standard InChI is InChI=1S/C11H19NO4/c1-11(2,3)16-10(15)12(4)8(9(13)14)7-5-6-7/h7-8H,5-6H2,1-4H3,(H,13,14)/t8-/m1/s1. The van der Waals surface area contributed by atoms with Crippen molar-refractivity contribution in [1.82, 2.24) is 4.90 Å². The molecule has 1 rings (SSSR count). The number of hydrogen-bond acceptors (Lipinski definition) is 3. The molecule has 0 aromatic carbocycles. The fourth-order valence-corrected chi connectivity index (χ4v) is 1.54. The third-order valence-corrected chi connectivity index (χ3v) is 2.42. The Hall–Kier alpha value is -1.26. The average molecular weight is 229 g/mol. The highest BCUT2D eigenvalue weighted by Gasteiger charge is 2.41. The first-order valence-electron chi connectivity index (χ1n) is 5.41. The van der Waals surface area contributed by atoms with Crippen LogP contribution < -0.4 is 0 Å². The van der Waals surface area contributed by atoms with Crippen LogP contribution in [0.4, 0.5) is 4.79 Å². The molecule has 0 aromatic rings. The smallest absolute Gasteiger partial charge is 0.410 e. The van der Waals surface area contributed by atoms with Crippen LogP contribution in [0.2, 0.25) is 0 Å². The van der Waals surface area contributed by atoms with Crippen molar-refractivity contribution in [3.8, 4) is 0 Å². The minimum atomic E-state index is -0.962. The van der Waals surface area contributed by atoms with E-state index < -0.39 is 23.7 Å². The zero-order valence-electron chi connectivity index (χ0n) is 10.2. The topological polar surface area (TPSA) is 66.8 Å². The SMILES string of the molecule is CN(C(=O)OC(C)(C)C)[C@@H](C(=O)O)C1CC1. The molecule has 5 nitrogen and oxygen atoms in total. The maximum atomic E-state index is 11.7. The molecular weight excluding hydrogens is 210 g/mol. The molecule has 0 radical (unpaired) electrons. The molecule has 1 amide bonds. The van der Waals surface area contributed by atoms with Gasteiger partial charge in [-0.1, -0.05) is 0 Å². The first-order chi connectivity index (χ1) is 7.22. The van der Waals surface area contributed by atoms with E-state index >= 15 is 0 Å². The van der Waals surface area contributed by atoms with Gasteiger partial charge in [-0.3, -0.25) is 4.90 Å². The van der Waals surface area contributed by atoms with Crippen LogP contribution in [0, 0.1) is 5.92 Å². The van der Waals surface area contributed by atoms with E-state index in [4.69, 9.17) is 9.84 Å². The van der Waals surface area contributed by atoms with Crippen molar-refractivity contribution < 1.29 is 19.4 Å². The molecule has 5 heteroatoms. The third kappa shape index (κ3) is 3.40. The lowest BCUT2D eigenvalue weighted by Gasteiger charge is -2.28. The molecular formula is C11H19NO4. The largest absolute Gasteiger partial charge is 0.480 e. The summed E-state index contributed by atoms with van der Waals surface area (Å²) in [6.45, 7) is 5.27. The molecule has 1 atom stereocenters. The van der Waals surface area contributed by atoms with E-state index in [-0.39, 0.29) is 5.92 Å². The normalized spacial score (nSPS) is 17.8. The number of hydrogen-bond donors (Lipinski definition) is 1. The van der Waals surface area contributed by atoms with E-state index in [1.165, 1.54) is 11.9 Å². The second-order valence-corrected chi connectivity index (χ2v) is 5.21. The summed E-state index contributed by atoms with van der Waals surface area (Å²) in [5.74, 6) is -0.883. The second kappa shape index (κ2) is 4.31. The highest BCUT2D eigenvalue weighted by Crippen LogP contribution is 2.35. The monoisotopic (exact) mass is 229 g/mol. The van der Waals surface area contributed by atoms with E-state index in [9.17, 15) is 9.59 Å². The Morgan fingerprint density at radius 3 is 2.19 bits per heavy atom. The van der Waals surface area contributed by atoms with E-state index in [0.29, 0.717) is 0 Å². The van der Waals surface area contributed by atoms with E-state index in [1.54, 1.807) is 20.8 Å². The lowest BCUT2D eigenvalue weighted by Crippen LogP contribution is -2.46. The Balaban J connectivity index is 2.63. The van der Waals surface area contributed by atoms with E-state index in [0.717, 1.165) is 12.8 Å². The molecule has 0 spiro atoms. The van der Waals surface area contributed by atoms with Gasteiger partial charge in [-0.2, -0.15) is 0 Å². The van der Waals surface area contributed by atoms with Crippen molar-refractivity contribution in [1.29, 1.82) is 0 Å². The van der Waals surface area contributed by atoms with Crippen LogP contribution in [0.3, 0.4) is 0 Å². The predicted molar refractivity (Wildman–Crippen MR) is 58.1 cm³/mol. The van der Waals surface area contributed by atoms with Crippen LogP contribution in [-0.2, 0) is 9.53 Å². The Bertz CT molecular complexity index is 291. The van der Waals surface area contributed by atoms with E-state index in [2.05, 4.69) is 0 Å². The quantitative estimate of drug-likeness (QED) is 0.800. The number of carboxylic acids is 1. The van der Waals surface area contributed by atoms with Crippen LogP contribution in [0.5, 0.6) is 0 Å². The number of carboxylic acid groups (broad SMARTS) is 1. The number of carbonyl (C=O) groups excluding carboxylic acids is 1. The van der Waals surface area contributed by atoms with Crippen molar-refractivity contribution in [2.24, 2.45) is 5.92 Å². The molecule has 0 heterocycles. The van der Waals surface area contributed by atoms with Gasteiger partial charge < -0.3 is 9.84 Å². The summed E-state index contributed by atoms with van der Waals surface area (Å²) in [6, 6.07) is -0.755. The van der Waals surface area contributed by atoms with Gasteiger partial charge >= 0.3 is 12.1 Å². The second-order valence-electron chi connectivity index (χ2n) is 5.21. The zero-order chi connectivity index (χ0) is 12.5. The minimum absolute atomic E-state index is 0.0787. The molecule has 16 heavy (non-hydrogen) atoms. The maximum absolute atomic E-state index is 11.7. The van der Waals surface area contributed by atoms with Gasteiger partial charge in [0.2, 0.25) is 0 Å². The highest BCUT2D eigenvalue weighted by atomic mass is 16.6. The van der Waals surface area contributed by atoms with Gasteiger partial charge in [0.05, 0.1) is 0 Å². The van der Waals surface area contributed by atoms with Gasteiger partial charge in [0, 0.05) is 7.05 Å². The molecule has 0 aliphatic heterocycles. The van der Waals surface area contributed by atoms with Crippen molar-refractivity contribution >= 4 is 12.1 Å². The summed E-state index contributed by atoms with van der Waals surface area (Å²) in [5, 5.41) is 9.05. The first kappa shape index (κ1) is 12.8. The molecule has 0 aromatic heterocycles. The summed E-state index contributed by atoms with van der Waals surface area (Å²) in [7, 11) is 1.48. The molecule has 0 bridgehead atoms. The zero-order valence-corrected chi connectivity index (χ0v) is 10.2. The van der Waals surface area contributed by atoms with Gasteiger partial charge in [-0.05, 0) is 39.5 Å². The molecule has 1 aliphatic rings. The molecule has 0 saturated heterocycles. The summed E-state index contributed by atoms with van der Waals surface area (Å²) < 4.78 is 5.13. The van der Waals surface area contributed by atoms with Crippen molar-refractivity contribution in [2.45, 2.75) is 45.3 Å². The Morgan fingerprint density at radius 1 is 1.38 bits per heavy atom. The number of likely N-dealkylation sites (N-methyl/N-ethyl adjacent to an activating group) is 1. The predicted octanol–water partition coefficient (Wildman–Crippen LogP) is 1.72. The highest BCUT2D eigenvalue weighted by molar-refractivity contribution is 5.80. The van der Waals surface area contributed by atoms with Crippen LogP contribution in [0.15, 0.2) is 0 Å². The number of aliphatic carboxylic acids is 1. The van der Waals surface area contributed by atoms with Gasteiger partial charge in [0.15, 0.2) is 0 Å². The van der Waals surface area contributed by atoms with Gasteiger partial charge in [0.1, 0.15) is 11.6 Å². The van der Waals surface area contributed by atoms with Crippen molar-refractivity contribution in [3.05, 3.63) is 0 Å². The fourth-order valence-electron chi connectivity index (χ4n) is 1.54. The Morgan fingerprint density at radius 2 is 1.88 bits per heavy atom. The van der Waals surface area contributed by atoms with Crippen LogP contribution in [-0.4, -0.2) is 40.8 Å². The average Bonchev–Trinajstić information content (AvgIpc) is 2.84. The summed E-state index contributed by atoms with van der Waals surface area (Å²) in [5.41, 5.74) is -0.599. The van der Waals surface area contributed by atoms with Crippen LogP contribution in [0.1, 0.15) is 33.6 Å². The van der Waals surface area contributed by atoms with Gasteiger partial charge in [0.25, 0.3) is 0 Å². The number of ether oxygens (including phenoxy) is 1. The lowest BCUT2D eigenvalue weighted by atomic mass is 10.1. The lowest BCUT2D eigenvalue weighted by molar-refractivity contribution is -0.143. The Kier molecular flexibility index (Phi) is 3.45. The first-order valence-corrected chi connectivity index (χ1v) is 5.41. The van der Waals surface area contributed by atoms with Crippen molar-refractivity contribution in [3.63, 3.8) is 0 Å². The van der Waals surface area contributed by atoms with E-state index in [1.807, 2.05) is 0 Å². The van der Waals surface area contributed by atoms with Crippen LogP contribution in [0.25, 0.3) is 0 Å². The molecule has 1 saturated carbocycles. The Labute approximate surface area is 95.4 Å². The molecule has 1 fully saturated rings. The maximum Gasteiger partial charge on any atom is 0.410 e. The summed E-state index contributed by atoms with van der Waals surface area (Å²) in [4.78, 5) is 23.9. The number of amides is 1. The number of nitrogens with zero attached hydrogens (tertiary/aromatic N) is 1. The summed E-state index contributed by atoms with van der Waals surface area (Å²) in [6.07, 6.45) is 1.15. The van der Waals surface area contributed by atoms with Crippen LogP contribution >= 0.6 is 0 Å². The number of carbonyl (C=O) groups is 2. The van der Waals surface area contributed by atoms with Crippen molar-refractivity contribution in [2.75, 3.05) is 7.05 Å². The minimum Gasteiger partial charge on any atom is -0.480 e. The molecule has 1 aliphatic carbocycles. The van der Waals surface area contributed by atoms with Gasteiger partial charge in [-0.25, -0.2) is 9.59 Å². The molecule has 0 unspecified atom stereocenters. The molecule has 1 N–H and O–H groups in total. The van der Waals surface area contributed by atoms with Gasteiger partial charge in [-0.15, -0.1) is 0 Å². The third-order valence-electron chi connectivity index (χ3n) is 2.42.